The Kier molecular flexibility index (Phi) is 4.02. The number of rotatable bonds is 6. The molecule has 0 atom stereocenters. The van der Waals surface area contributed by atoms with Gasteiger partial charge < -0.3 is 15.6 Å². The molecule has 0 spiro atoms. The van der Waals surface area contributed by atoms with E-state index in [2.05, 4.69) is 5.10 Å². The van der Waals surface area contributed by atoms with Crippen molar-refractivity contribution in [1.82, 2.24) is 9.78 Å². The zero-order valence-corrected chi connectivity index (χ0v) is 10.3. The summed E-state index contributed by atoms with van der Waals surface area (Å²) in [6.45, 7) is 3.37. The molecule has 0 saturated heterocycles. The Balaban J connectivity index is 1.82. The molecular formula is C12H21N3O2. The smallest absolute Gasteiger partial charge is 0.122 e. The highest BCUT2D eigenvalue weighted by Crippen LogP contribution is 2.32. The number of anilines is 1. The van der Waals surface area contributed by atoms with Crippen molar-refractivity contribution in [3.8, 4) is 0 Å². The zero-order valence-electron chi connectivity index (χ0n) is 10.3. The van der Waals surface area contributed by atoms with Crippen molar-refractivity contribution >= 4 is 5.82 Å². The van der Waals surface area contributed by atoms with E-state index in [0.29, 0.717) is 24.4 Å². The van der Waals surface area contributed by atoms with Crippen molar-refractivity contribution < 1.29 is 9.84 Å². The average molecular weight is 239 g/mol. The van der Waals surface area contributed by atoms with Crippen LogP contribution >= 0.6 is 0 Å². The predicted octanol–water partition coefficient (Wildman–Crippen LogP) is 0.815. The number of aromatic nitrogens is 2. The van der Waals surface area contributed by atoms with Gasteiger partial charge >= 0.3 is 0 Å². The minimum absolute atomic E-state index is 0.0706. The summed E-state index contributed by atoms with van der Waals surface area (Å²) in [4.78, 5) is 0. The zero-order chi connectivity index (χ0) is 12.3. The molecule has 1 aliphatic carbocycles. The lowest BCUT2D eigenvalue weighted by Crippen LogP contribution is -2.32. The number of nitrogen functional groups attached to an aromatic ring is 1. The maximum absolute atomic E-state index is 8.85. The molecule has 2 rings (SSSR count). The highest BCUT2D eigenvalue weighted by molar-refractivity contribution is 5.31. The van der Waals surface area contributed by atoms with Gasteiger partial charge in [-0.15, -0.1) is 0 Å². The number of nitrogens with two attached hydrogens (primary N) is 1. The van der Waals surface area contributed by atoms with E-state index in [1.54, 1.807) is 4.68 Å². The first-order valence-corrected chi connectivity index (χ1v) is 6.27. The predicted molar refractivity (Wildman–Crippen MR) is 65.6 cm³/mol. The van der Waals surface area contributed by atoms with Gasteiger partial charge in [0.1, 0.15) is 5.82 Å². The van der Waals surface area contributed by atoms with Crippen LogP contribution in [0.4, 0.5) is 5.82 Å². The number of aliphatic hydroxyl groups excluding tert-OH is 1. The Hall–Kier alpha value is -1.07. The summed E-state index contributed by atoms with van der Waals surface area (Å²) in [6.07, 6.45) is 3.66. The van der Waals surface area contributed by atoms with Crippen LogP contribution in [0.25, 0.3) is 0 Å². The van der Waals surface area contributed by atoms with Crippen LogP contribution in [0.5, 0.6) is 0 Å². The second-order valence-electron chi connectivity index (χ2n) is 4.63. The minimum Gasteiger partial charge on any atom is -0.394 e. The molecular weight excluding hydrogens is 218 g/mol. The molecule has 17 heavy (non-hydrogen) atoms. The van der Waals surface area contributed by atoms with E-state index in [9.17, 15) is 0 Å². The van der Waals surface area contributed by atoms with E-state index in [4.69, 9.17) is 15.6 Å². The summed E-state index contributed by atoms with van der Waals surface area (Å²) in [7, 11) is 0. The number of hydrogen-bond donors (Lipinski definition) is 2. The van der Waals surface area contributed by atoms with Gasteiger partial charge in [0.2, 0.25) is 0 Å². The van der Waals surface area contributed by atoms with E-state index in [-0.39, 0.29) is 6.61 Å². The van der Waals surface area contributed by atoms with Gasteiger partial charge in [0.05, 0.1) is 24.9 Å². The monoisotopic (exact) mass is 239 g/mol. The van der Waals surface area contributed by atoms with Crippen LogP contribution < -0.4 is 5.73 Å². The van der Waals surface area contributed by atoms with Crippen LogP contribution in [-0.2, 0) is 17.7 Å². The molecule has 0 amide bonds. The van der Waals surface area contributed by atoms with Gasteiger partial charge in [0, 0.05) is 12.7 Å². The SMILES string of the molecule is CCOC1CC(Cc2cc(N)n(CCO)n2)C1. The summed E-state index contributed by atoms with van der Waals surface area (Å²) < 4.78 is 7.19. The van der Waals surface area contributed by atoms with Crippen LogP contribution in [0, 0.1) is 5.92 Å². The van der Waals surface area contributed by atoms with Crippen molar-refractivity contribution in [1.29, 1.82) is 0 Å². The molecule has 1 saturated carbocycles. The molecule has 3 N–H and O–H groups in total. The van der Waals surface area contributed by atoms with Gasteiger partial charge in [-0.25, -0.2) is 4.68 Å². The van der Waals surface area contributed by atoms with Gasteiger partial charge in [-0.1, -0.05) is 0 Å². The van der Waals surface area contributed by atoms with Gasteiger partial charge in [-0.2, -0.15) is 5.10 Å². The fraction of sp³-hybridized carbons (Fsp3) is 0.750. The quantitative estimate of drug-likeness (QED) is 0.770. The first-order valence-electron chi connectivity index (χ1n) is 6.27. The standard InChI is InChI=1S/C12H21N3O2/c1-2-17-11-6-9(7-11)5-10-8-12(13)15(14-10)3-4-16/h8-9,11,16H,2-7,13H2,1H3. The van der Waals surface area contributed by atoms with Crippen molar-refractivity contribution in [2.45, 2.75) is 38.8 Å². The van der Waals surface area contributed by atoms with Crippen molar-refractivity contribution in [2.24, 2.45) is 5.92 Å². The maximum Gasteiger partial charge on any atom is 0.122 e. The Morgan fingerprint density at radius 2 is 2.35 bits per heavy atom. The molecule has 1 aromatic rings. The number of aliphatic hydroxyl groups is 1. The van der Waals surface area contributed by atoms with Gasteiger partial charge in [-0.3, -0.25) is 0 Å². The lowest BCUT2D eigenvalue weighted by atomic mass is 9.79. The molecule has 0 aliphatic heterocycles. The fourth-order valence-corrected chi connectivity index (χ4v) is 2.37. The molecule has 0 unspecified atom stereocenters. The summed E-state index contributed by atoms with van der Waals surface area (Å²) in [5.41, 5.74) is 6.83. The molecule has 0 radical (unpaired) electrons. The molecule has 1 fully saturated rings. The molecule has 5 heteroatoms. The van der Waals surface area contributed by atoms with Crippen LogP contribution in [0.3, 0.4) is 0 Å². The topological polar surface area (TPSA) is 73.3 Å². The van der Waals surface area contributed by atoms with Crippen LogP contribution in [0.1, 0.15) is 25.5 Å². The molecule has 0 aromatic carbocycles. The third-order valence-corrected chi connectivity index (χ3v) is 3.27. The van der Waals surface area contributed by atoms with E-state index in [0.717, 1.165) is 31.6 Å². The average Bonchev–Trinajstić information content (AvgIpc) is 2.57. The second kappa shape index (κ2) is 5.51. The molecule has 96 valence electrons. The van der Waals surface area contributed by atoms with E-state index < -0.39 is 0 Å². The van der Waals surface area contributed by atoms with Gasteiger partial charge in [-0.05, 0) is 32.1 Å². The van der Waals surface area contributed by atoms with Crippen molar-refractivity contribution in [2.75, 3.05) is 18.9 Å². The van der Waals surface area contributed by atoms with Crippen LogP contribution in [0.15, 0.2) is 6.07 Å². The number of ether oxygens (including phenoxy) is 1. The molecule has 5 nitrogen and oxygen atoms in total. The molecule has 0 bridgehead atoms. The molecule has 1 heterocycles. The minimum atomic E-state index is 0.0706. The Bertz CT molecular complexity index is 359. The van der Waals surface area contributed by atoms with Crippen LogP contribution in [-0.4, -0.2) is 34.2 Å². The second-order valence-corrected chi connectivity index (χ2v) is 4.63. The first kappa shape index (κ1) is 12.4. The third kappa shape index (κ3) is 2.98. The highest BCUT2D eigenvalue weighted by Gasteiger charge is 2.30. The van der Waals surface area contributed by atoms with E-state index in [1.165, 1.54) is 0 Å². The van der Waals surface area contributed by atoms with Crippen molar-refractivity contribution in [3.05, 3.63) is 11.8 Å². The van der Waals surface area contributed by atoms with E-state index >= 15 is 0 Å². The lowest BCUT2D eigenvalue weighted by Gasteiger charge is -2.34. The van der Waals surface area contributed by atoms with Crippen LogP contribution in [0.2, 0.25) is 0 Å². The molecule has 1 aromatic heterocycles. The number of hydrogen-bond acceptors (Lipinski definition) is 4. The maximum atomic E-state index is 8.85. The Morgan fingerprint density at radius 1 is 1.59 bits per heavy atom. The fourth-order valence-electron chi connectivity index (χ4n) is 2.37. The Morgan fingerprint density at radius 3 is 3.00 bits per heavy atom. The summed E-state index contributed by atoms with van der Waals surface area (Å²) in [6, 6.07) is 1.91. The summed E-state index contributed by atoms with van der Waals surface area (Å²) in [5, 5.41) is 13.2. The number of nitrogens with zero attached hydrogens (tertiary/aromatic N) is 2. The first-order chi connectivity index (χ1) is 8.22. The molecule has 1 aliphatic rings. The summed E-state index contributed by atoms with van der Waals surface area (Å²) in [5.74, 6) is 1.30. The largest absolute Gasteiger partial charge is 0.394 e. The lowest BCUT2D eigenvalue weighted by molar-refractivity contribution is -0.0243. The van der Waals surface area contributed by atoms with Gasteiger partial charge in [0.15, 0.2) is 0 Å². The summed E-state index contributed by atoms with van der Waals surface area (Å²) >= 11 is 0. The van der Waals surface area contributed by atoms with Gasteiger partial charge in [0.25, 0.3) is 0 Å². The third-order valence-electron chi connectivity index (χ3n) is 3.27. The Labute approximate surface area is 102 Å². The normalized spacial score (nSPS) is 23.6. The van der Waals surface area contributed by atoms with Crippen molar-refractivity contribution in [3.63, 3.8) is 0 Å². The highest BCUT2D eigenvalue weighted by atomic mass is 16.5. The van der Waals surface area contributed by atoms with E-state index in [1.807, 2.05) is 13.0 Å².